The average molecular weight is 206 g/mol. The summed E-state index contributed by atoms with van der Waals surface area (Å²) in [7, 11) is 0. The summed E-state index contributed by atoms with van der Waals surface area (Å²) in [5.41, 5.74) is 1.20. The quantitative estimate of drug-likeness (QED) is 0.818. The molecule has 0 radical (unpaired) electrons. The molecular weight excluding hydrogens is 188 g/mol. The van der Waals surface area contributed by atoms with Gasteiger partial charge in [0.1, 0.15) is 0 Å². The van der Waals surface area contributed by atoms with E-state index < -0.39 is 0 Å². The molecule has 2 rings (SSSR count). The van der Waals surface area contributed by atoms with Crippen LogP contribution in [0.4, 0.5) is 0 Å². The van der Waals surface area contributed by atoms with E-state index >= 15 is 0 Å². The minimum Gasteiger partial charge on any atom is -0.477 e. The number of aryl methyl sites for hydroxylation is 1. The van der Waals surface area contributed by atoms with Crippen molar-refractivity contribution in [1.82, 2.24) is 10.3 Å². The third-order valence-corrected chi connectivity index (χ3v) is 2.82. The second kappa shape index (κ2) is 5.12. The highest BCUT2D eigenvalue weighted by Crippen LogP contribution is 2.14. The summed E-state index contributed by atoms with van der Waals surface area (Å²) in [4.78, 5) is 4.19. The lowest BCUT2D eigenvalue weighted by Crippen LogP contribution is -2.30. The SMILES string of the molecule is Cc1ccnc(OCC2CCNCC2)c1. The Bertz CT molecular complexity index is 308. The Balaban J connectivity index is 1.81. The number of rotatable bonds is 3. The van der Waals surface area contributed by atoms with Gasteiger partial charge in [-0.2, -0.15) is 0 Å². The van der Waals surface area contributed by atoms with Crippen LogP contribution in [0.5, 0.6) is 5.88 Å². The molecule has 0 atom stereocenters. The Hall–Kier alpha value is -1.09. The fourth-order valence-corrected chi connectivity index (χ4v) is 1.84. The molecule has 1 N–H and O–H groups in total. The Kier molecular flexibility index (Phi) is 3.56. The fourth-order valence-electron chi connectivity index (χ4n) is 1.84. The zero-order valence-electron chi connectivity index (χ0n) is 9.20. The van der Waals surface area contributed by atoms with Crippen LogP contribution in [0.15, 0.2) is 18.3 Å². The van der Waals surface area contributed by atoms with Crippen LogP contribution in [-0.2, 0) is 0 Å². The van der Waals surface area contributed by atoms with Gasteiger partial charge in [0.2, 0.25) is 5.88 Å². The van der Waals surface area contributed by atoms with Crippen LogP contribution in [0.2, 0.25) is 0 Å². The van der Waals surface area contributed by atoms with Gasteiger partial charge in [-0.1, -0.05) is 0 Å². The molecule has 1 aliphatic rings. The first-order valence-corrected chi connectivity index (χ1v) is 5.61. The molecule has 15 heavy (non-hydrogen) atoms. The summed E-state index contributed by atoms with van der Waals surface area (Å²) >= 11 is 0. The third kappa shape index (κ3) is 3.20. The second-order valence-electron chi connectivity index (χ2n) is 4.18. The summed E-state index contributed by atoms with van der Waals surface area (Å²) in [5, 5.41) is 3.35. The first kappa shape index (κ1) is 10.4. The zero-order chi connectivity index (χ0) is 10.5. The van der Waals surface area contributed by atoms with Crippen LogP contribution in [0.3, 0.4) is 0 Å². The van der Waals surface area contributed by atoms with Crippen molar-refractivity contribution < 1.29 is 4.74 Å². The molecule has 3 heteroatoms. The molecule has 0 aliphatic carbocycles. The van der Waals surface area contributed by atoms with Gasteiger partial charge in [0, 0.05) is 12.3 Å². The summed E-state index contributed by atoms with van der Waals surface area (Å²) in [5.74, 6) is 1.45. The van der Waals surface area contributed by atoms with Gasteiger partial charge in [0.25, 0.3) is 0 Å². The molecule has 1 aromatic heterocycles. The van der Waals surface area contributed by atoms with E-state index in [0.717, 1.165) is 25.6 Å². The van der Waals surface area contributed by atoms with Crippen molar-refractivity contribution in [2.75, 3.05) is 19.7 Å². The molecule has 0 amide bonds. The van der Waals surface area contributed by atoms with Gasteiger partial charge in [-0.3, -0.25) is 0 Å². The maximum absolute atomic E-state index is 5.69. The first-order valence-electron chi connectivity index (χ1n) is 5.61. The maximum atomic E-state index is 5.69. The molecule has 0 aromatic carbocycles. The Morgan fingerprint density at radius 3 is 3.00 bits per heavy atom. The summed E-state index contributed by atoms with van der Waals surface area (Å²) in [6.07, 6.45) is 4.23. The minimum atomic E-state index is 0.688. The molecule has 1 fully saturated rings. The van der Waals surface area contributed by atoms with E-state index in [1.807, 2.05) is 12.1 Å². The predicted molar refractivity (Wildman–Crippen MR) is 60.1 cm³/mol. The largest absolute Gasteiger partial charge is 0.477 e. The van der Waals surface area contributed by atoms with Crippen LogP contribution in [0.25, 0.3) is 0 Å². The van der Waals surface area contributed by atoms with E-state index in [9.17, 15) is 0 Å². The molecule has 0 spiro atoms. The topological polar surface area (TPSA) is 34.1 Å². The van der Waals surface area contributed by atoms with Gasteiger partial charge < -0.3 is 10.1 Å². The van der Waals surface area contributed by atoms with Crippen LogP contribution in [0.1, 0.15) is 18.4 Å². The van der Waals surface area contributed by atoms with Crippen molar-refractivity contribution in [3.63, 3.8) is 0 Å². The third-order valence-electron chi connectivity index (χ3n) is 2.82. The van der Waals surface area contributed by atoms with Gasteiger partial charge >= 0.3 is 0 Å². The van der Waals surface area contributed by atoms with Gasteiger partial charge in [-0.25, -0.2) is 4.98 Å². The summed E-state index contributed by atoms with van der Waals surface area (Å²) < 4.78 is 5.69. The lowest BCUT2D eigenvalue weighted by molar-refractivity contribution is 0.209. The van der Waals surface area contributed by atoms with Crippen LogP contribution in [-0.4, -0.2) is 24.7 Å². The molecule has 0 unspecified atom stereocenters. The van der Waals surface area contributed by atoms with E-state index in [4.69, 9.17) is 4.74 Å². The van der Waals surface area contributed by atoms with Crippen molar-refractivity contribution in [3.8, 4) is 5.88 Å². The number of nitrogens with zero attached hydrogens (tertiary/aromatic N) is 1. The second-order valence-corrected chi connectivity index (χ2v) is 4.18. The van der Waals surface area contributed by atoms with Crippen molar-refractivity contribution in [3.05, 3.63) is 23.9 Å². The number of nitrogens with one attached hydrogen (secondary N) is 1. The van der Waals surface area contributed by atoms with E-state index in [1.165, 1.54) is 18.4 Å². The molecule has 1 saturated heterocycles. The van der Waals surface area contributed by atoms with E-state index in [-0.39, 0.29) is 0 Å². The highest BCUT2D eigenvalue weighted by Gasteiger charge is 2.13. The smallest absolute Gasteiger partial charge is 0.213 e. The molecule has 2 heterocycles. The Labute approximate surface area is 90.9 Å². The van der Waals surface area contributed by atoms with Gasteiger partial charge in [-0.05, 0) is 50.4 Å². The van der Waals surface area contributed by atoms with Gasteiger partial charge in [0.15, 0.2) is 0 Å². The lowest BCUT2D eigenvalue weighted by Gasteiger charge is -2.22. The van der Waals surface area contributed by atoms with Crippen molar-refractivity contribution in [1.29, 1.82) is 0 Å². The van der Waals surface area contributed by atoms with Crippen molar-refractivity contribution >= 4 is 0 Å². The molecule has 1 aliphatic heterocycles. The molecule has 0 saturated carbocycles. The lowest BCUT2D eigenvalue weighted by atomic mass is 9.99. The standard InChI is InChI=1S/C12H18N2O/c1-10-2-7-14-12(8-10)15-9-11-3-5-13-6-4-11/h2,7-8,11,13H,3-6,9H2,1H3. The van der Waals surface area contributed by atoms with Gasteiger partial charge in [-0.15, -0.1) is 0 Å². The first-order chi connectivity index (χ1) is 7.34. The molecule has 82 valence electrons. The Morgan fingerprint density at radius 2 is 2.27 bits per heavy atom. The predicted octanol–water partition coefficient (Wildman–Crippen LogP) is 1.77. The zero-order valence-corrected chi connectivity index (χ0v) is 9.20. The molecule has 0 bridgehead atoms. The molecular formula is C12H18N2O. The number of ether oxygens (including phenoxy) is 1. The minimum absolute atomic E-state index is 0.688. The van der Waals surface area contributed by atoms with E-state index in [1.54, 1.807) is 6.20 Å². The number of piperidine rings is 1. The number of hydrogen-bond donors (Lipinski definition) is 1. The summed E-state index contributed by atoms with van der Waals surface area (Å²) in [6, 6.07) is 3.97. The van der Waals surface area contributed by atoms with E-state index in [2.05, 4.69) is 17.2 Å². The Morgan fingerprint density at radius 1 is 1.47 bits per heavy atom. The number of hydrogen-bond acceptors (Lipinski definition) is 3. The molecule has 1 aromatic rings. The highest BCUT2D eigenvalue weighted by molar-refractivity contribution is 5.18. The fraction of sp³-hybridized carbons (Fsp3) is 0.583. The summed E-state index contributed by atoms with van der Waals surface area (Å²) in [6.45, 7) is 5.10. The molecule has 3 nitrogen and oxygen atoms in total. The van der Waals surface area contributed by atoms with Crippen LogP contribution < -0.4 is 10.1 Å². The van der Waals surface area contributed by atoms with E-state index in [0.29, 0.717) is 5.92 Å². The number of pyridine rings is 1. The highest BCUT2D eigenvalue weighted by atomic mass is 16.5. The van der Waals surface area contributed by atoms with Crippen LogP contribution >= 0.6 is 0 Å². The van der Waals surface area contributed by atoms with Crippen molar-refractivity contribution in [2.24, 2.45) is 5.92 Å². The average Bonchev–Trinajstić information content (AvgIpc) is 2.28. The maximum Gasteiger partial charge on any atom is 0.213 e. The monoisotopic (exact) mass is 206 g/mol. The van der Waals surface area contributed by atoms with Crippen LogP contribution in [0, 0.1) is 12.8 Å². The normalized spacial score (nSPS) is 17.7. The van der Waals surface area contributed by atoms with Crippen molar-refractivity contribution in [2.45, 2.75) is 19.8 Å². The number of aromatic nitrogens is 1. The van der Waals surface area contributed by atoms with Gasteiger partial charge in [0.05, 0.1) is 6.61 Å².